The van der Waals surface area contributed by atoms with Gasteiger partial charge < -0.3 is 10.6 Å². The van der Waals surface area contributed by atoms with E-state index in [0.29, 0.717) is 17.5 Å². The lowest BCUT2D eigenvalue weighted by atomic mass is 10.0. The first-order chi connectivity index (χ1) is 5.66. The van der Waals surface area contributed by atoms with Gasteiger partial charge in [0.15, 0.2) is 11.6 Å². The molecule has 0 aliphatic heterocycles. The second kappa shape index (κ2) is 3.40. The number of rotatable bonds is 2. The van der Waals surface area contributed by atoms with Gasteiger partial charge in [0.05, 0.1) is 0 Å². The van der Waals surface area contributed by atoms with Crippen molar-refractivity contribution in [3.63, 3.8) is 0 Å². The Balaban J connectivity index is 3.18. The number of nitrogens with zero attached hydrogens (tertiary/aromatic N) is 1. The van der Waals surface area contributed by atoms with E-state index in [9.17, 15) is 0 Å². The minimum Gasteiger partial charge on any atom is -0.407 e. The molecule has 66 valence electrons. The van der Waals surface area contributed by atoms with E-state index in [0.717, 1.165) is 5.56 Å². The van der Waals surface area contributed by atoms with Gasteiger partial charge in [-0.05, 0) is 12.0 Å². The average molecular weight is 167 g/mol. The number of hydrogen-bond acceptors (Lipinski definition) is 4. The van der Waals surface area contributed by atoms with Crippen LogP contribution in [0.2, 0.25) is 0 Å². The molecule has 0 aliphatic rings. The van der Waals surface area contributed by atoms with Crippen LogP contribution in [0.15, 0.2) is 12.3 Å². The van der Waals surface area contributed by atoms with E-state index in [2.05, 4.69) is 9.82 Å². The molecule has 0 saturated carbocycles. The largest absolute Gasteiger partial charge is 0.407 e. The fraction of sp³-hybridized carbons (Fsp3) is 0.375. The summed E-state index contributed by atoms with van der Waals surface area (Å²) in [6.07, 6.45) is 1.65. The normalized spacial score (nSPS) is 10.3. The van der Waals surface area contributed by atoms with Crippen LogP contribution in [0.5, 0.6) is 5.75 Å². The smallest absolute Gasteiger partial charge is 0.192 e. The summed E-state index contributed by atoms with van der Waals surface area (Å²) in [5.41, 5.74) is 6.53. The van der Waals surface area contributed by atoms with E-state index in [1.807, 2.05) is 19.9 Å². The van der Waals surface area contributed by atoms with Crippen molar-refractivity contribution in [3.8, 4) is 5.75 Å². The zero-order valence-electron chi connectivity index (χ0n) is 7.24. The summed E-state index contributed by atoms with van der Waals surface area (Å²) in [6, 6.07) is 1.85. The third-order valence-electron chi connectivity index (χ3n) is 1.70. The lowest BCUT2D eigenvalue weighted by Gasteiger charge is -2.11. The van der Waals surface area contributed by atoms with Gasteiger partial charge in [0, 0.05) is 11.8 Å². The van der Waals surface area contributed by atoms with Crippen molar-refractivity contribution in [3.05, 3.63) is 17.8 Å². The molecule has 0 fully saturated rings. The second-order valence-electron chi connectivity index (χ2n) is 2.89. The maximum Gasteiger partial charge on any atom is 0.192 e. The van der Waals surface area contributed by atoms with Crippen LogP contribution in [-0.2, 0) is 0 Å². The molecule has 1 heterocycles. The summed E-state index contributed by atoms with van der Waals surface area (Å²) >= 11 is 0. The van der Waals surface area contributed by atoms with Gasteiger partial charge in [-0.25, -0.2) is 4.98 Å². The maximum atomic E-state index is 5.55. The van der Waals surface area contributed by atoms with Crippen molar-refractivity contribution in [2.45, 2.75) is 19.8 Å². The molecule has 0 aliphatic carbocycles. The van der Waals surface area contributed by atoms with Crippen LogP contribution in [0.25, 0.3) is 0 Å². The maximum absolute atomic E-state index is 5.55. The lowest BCUT2D eigenvalue weighted by Crippen LogP contribution is -2.09. The lowest BCUT2D eigenvalue weighted by molar-refractivity contribution is 0.330. The molecule has 0 unspecified atom stereocenters. The fourth-order valence-electron chi connectivity index (χ4n) is 1.06. The Bertz CT molecular complexity index is 273. The third-order valence-corrected chi connectivity index (χ3v) is 1.70. The summed E-state index contributed by atoms with van der Waals surface area (Å²) in [6.45, 7) is 4.08. The predicted molar refractivity (Wildman–Crippen MR) is 47.6 cm³/mol. The van der Waals surface area contributed by atoms with E-state index < -0.39 is 0 Å². The summed E-state index contributed by atoms with van der Waals surface area (Å²) in [5.74, 6) is 6.21. The molecule has 12 heavy (non-hydrogen) atoms. The molecule has 4 nitrogen and oxygen atoms in total. The van der Waals surface area contributed by atoms with Crippen molar-refractivity contribution < 1.29 is 4.84 Å². The number of anilines is 1. The van der Waals surface area contributed by atoms with Crippen molar-refractivity contribution in [1.82, 2.24) is 4.98 Å². The van der Waals surface area contributed by atoms with Gasteiger partial charge in [0.2, 0.25) is 0 Å². The molecule has 4 heteroatoms. The zero-order valence-corrected chi connectivity index (χ0v) is 7.24. The van der Waals surface area contributed by atoms with Crippen molar-refractivity contribution in [1.29, 1.82) is 0 Å². The van der Waals surface area contributed by atoms with E-state index in [1.165, 1.54) is 0 Å². The van der Waals surface area contributed by atoms with Gasteiger partial charge in [-0.3, -0.25) is 0 Å². The Hall–Kier alpha value is -1.29. The van der Waals surface area contributed by atoms with E-state index in [4.69, 9.17) is 11.6 Å². The summed E-state index contributed by atoms with van der Waals surface area (Å²) < 4.78 is 0. The molecule has 1 aromatic rings. The van der Waals surface area contributed by atoms with Crippen LogP contribution in [0, 0.1) is 0 Å². The zero-order chi connectivity index (χ0) is 9.14. The van der Waals surface area contributed by atoms with Gasteiger partial charge in [-0.15, -0.1) is 0 Å². The quantitative estimate of drug-likeness (QED) is 0.645. The minimum atomic E-state index is 0.328. The highest BCUT2D eigenvalue weighted by atomic mass is 16.6. The SMILES string of the molecule is CC(C)c1ccnc(N)c1ON. The monoisotopic (exact) mass is 167 g/mol. The first kappa shape index (κ1) is 8.80. The summed E-state index contributed by atoms with van der Waals surface area (Å²) in [5, 5.41) is 0. The summed E-state index contributed by atoms with van der Waals surface area (Å²) in [4.78, 5) is 8.52. The van der Waals surface area contributed by atoms with Gasteiger partial charge in [-0.1, -0.05) is 13.8 Å². The molecule has 0 amide bonds. The molecule has 0 radical (unpaired) electrons. The Kier molecular flexibility index (Phi) is 2.50. The van der Waals surface area contributed by atoms with E-state index in [-0.39, 0.29) is 0 Å². The highest BCUT2D eigenvalue weighted by Crippen LogP contribution is 2.28. The minimum absolute atomic E-state index is 0.328. The molecular weight excluding hydrogens is 154 g/mol. The number of nitrogen functional groups attached to an aromatic ring is 1. The Labute approximate surface area is 71.5 Å². The average Bonchev–Trinajstić information content (AvgIpc) is 2.03. The first-order valence-electron chi connectivity index (χ1n) is 3.78. The summed E-state index contributed by atoms with van der Waals surface area (Å²) in [7, 11) is 0. The first-order valence-corrected chi connectivity index (χ1v) is 3.78. The van der Waals surface area contributed by atoms with Crippen LogP contribution >= 0.6 is 0 Å². The Morgan fingerprint density at radius 2 is 2.17 bits per heavy atom. The number of nitrogens with two attached hydrogens (primary N) is 2. The number of pyridine rings is 1. The highest BCUT2D eigenvalue weighted by molar-refractivity contribution is 5.51. The Morgan fingerprint density at radius 1 is 1.50 bits per heavy atom. The van der Waals surface area contributed by atoms with Gasteiger partial charge >= 0.3 is 0 Å². The molecule has 0 aromatic carbocycles. The van der Waals surface area contributed by atoms with Gasteiger partial charge in [-0.2, -0.15) is 5.90 Å². The van der Waals surface area contributed by atoms with Crippen LogP contribution in [-0.4, -0.2) is 4.98 Å². The molecular formula is C8H13N3O. The number of aromatic nitrogens is 1. The van der Waals surface area contributed by atoms with Crippen LogP contribution < -0.4 is 16.5 Å². The predicted octanol–water partition coefficient (Wildman–Crippen LogP) is 1.04. The van der Waals surface area contributed by atoms with Crippen LogP contribution in [0.4, 0.5) is 5.82 Å². The van der Waals surface area contributed by atoms with E-state index in [1.54, 1.807) is 6.20 Å². The molecule has 4 N–H and O–H groups in total. The molecule has 0 saturated heterocycles. The third kappa shape index (κ3) is 1.48. The van der Waals surface area contributed by atoms with Crippen LogP contribution in [0.1, 0.15) is 25.3 Å². The second-order valence-corrected chi connectivity index (χ2v) is 2.89. The fourth-order valence-corrected chi connectivity index (χ4v) is 1.06. The molecule has 1 aromatic heterocycles. The molecule has 0 spiro atoms. The molecule has 1 rings (SSSR count). The van der Waals surface area contributed by atoms with Gasteiger partial charge in [0.1, 0.15) is 0 Å². The topological polar surface area (TPSA) is 74.2 Å². The number of hydrogen-bond donors (Lipinski definition) is 2. The Morgan fingerprint density at radius 3 is 2.58 bits per heavy atom. The highest BCUT2D eigenvalue weighted by Gasteiger charge is 2.10. The molecule has 0 bridgehead atoms. The van der Waals surface area contributed by atoms with E-state index >= 15 is 0 Å². The molecule has 0 atom stereocenters. The van der Waals surface area contributed by atoms with Gasteiger partial charge in [0.25, 0.3) is 0 Å². The van der Waals surface area contributed by atoms with Crippen molar-refractivity contribution in [2.24, 2.45) is 5.90 Å². The van der Waals surface area contributed by atoms with Crippen molar-refractivity contribution in [2.75, 3.05) is 5.73 Å². The standard InChI is InChI=1S/C8H13N3O/c1-5(2)6-3-4-11-8(9)7(6)12-10/h3-5H,10H2,1-2H3,(H2,9,11). The van der Waals surface area contributed by atoms with Crippen molar-refractivity contribution >= 4 is 5.82 Å². The van der Waals surface area contributed by atoms with Crippen LogP contribution in [0.3, 0.4) is 0 Å².